The Hall–Kier alpha value is 0.440. The van der Waals surface area contributed by atoms with Gasteiger partial charge in [-0.15, -0.1) is 0 Å². The molecule has 0 saturated carbocycles. The molecule has 0 aromatic carbocycles. The molecular formula is C18H40N2O6S4. The van der Waals surface area contributed by atoms with E-state index in [-0.39, 0.29) is 23.7 Å². The highest BCUT2D eigenvalue weighted by molar-refractivity contribution is 8.76. The molecule has 0 saturated heterocycles. The standard InChI is InChI=1S/C18H40N2O6S4/c1-17(2,3)9-15(29(21,22)23)7-13(19)11-27-28-12-14(20)8-16(30(24,25)26)10-18(4,5)6/h13-16H,7-12,19-20H2,1-6H3,(H,21,22,23)(H,24,25,26). The van der Waals surface area contributed by atoms with Gasteiger partial charge in [-0.1, -0.05) is 63.1 Å². The summed E-state index contributed by atoms with van der Waals surface area (Å²) in [7, 11) is -5.49. The van der Waals surface area contributed by atoms with Crippen molar-refractivity contribution >= 4 is 41.8 Å². The molecule has 0 heterocycles. The summed E-state index contributed by atoms with van der Waals surface area (Å²) in [6, 6.07) is -0.834. The Morgan fingerprint density at radius 1 is 0.700 bits per heavy atom. The quantitative estimate of drug-likeness (QED) is 0.165. The molecule has 0 rings (SSSR count). The molecular weight excluding hydrogens is 468 g/mol. The van der Waals surface area contributed by atoms with Crippen LogP contribution in [0, 0.1) is 10.8 Å². The van der Waals surface area contributed by atoms with Gasteiger partial charge in [0.25, 0.3) is 20.2 Å². The minimum atomic E-state index is -4.18. The fourth-order valence-corrected chi connectivity index (χ4v) is 7.91. The van der Waals surface area contributed by atoms with Crippen LogP contribution in [0.5, 0.6) is 0 Å². The zero-order chi connectivity index (χ0) is 24.0. The zero-order valence-electron chi connectivity index (χ0n) is 18.9. The van der Waals surface area contributed by atoms with Gasteiger partial charge in [-0.2, -0.15) is 16.8 Å². The lowest BCUT2D eigenvalue weighted by Crippen LogP contribution is -2.35. The lowest BCUT2D eigenvalue weighted by atomic mass is 9.89. The van der Waals surface area contributed by atoms with E-state index in [1.165, 1.54) is 21.6 Å². The molecule has 0 aliphatic carbocycles. The highest BCUT2D eigenvalue weighted by Gasteiger charge is 2.31. The first kappa shape index (κ1) is 30.4. The smallest absolute Gasteiger partial charge is 0.267 e. The van der Waals surface area contributed by atoms with Crippen molar-refractivity contribution in [2.75, 3.05) is 11.5 Å². The first-order valence-corrected chi connectivity index (χ1v) is 15.4. The molecule has 0 spiro atoms. The maximum Gasteiger partial charge on any atom is 0.267 e. The van der Waals surface area contributed by atoms with Crippen LogP contribution in [0.25, 0.3) is 0 Å². The Kier molecular flexibility index (Phi) is 12.2. The van der Waals surface area contributed by atoms with Crippen LogP contribution >= 0.6 is 21.6 Å². The summed E-state index contributed by atoms with van der Waals surface area (Å²) in [6.07, 6.45) is 0.943. The van der Waals surface area contributed by atoms with Crippen LogP contribution in [-0.2, 0) is 20.2 Å². The minimum absolute atomic E-state index is 0.159. The topological polar surface area (TPSA) is 161 Å². The lowest BCUT2D eigenvalue weighted by Gasteiger charge is -2.26. The molecule has 6 N–H and O–H groups in total. The molecule has 12 heteroatoms. The molecule has 0 radical (unpaired) electrons. The van der Waals surface area contributed by atoms with E-state index in [9.17, 15) is 25.9 Å². The van der Waals surface area contributed by atoms with Gasteiger partial charge in [0.1, 0.15) is 0 Å². The number of hydrogen-bond acceptors (Lipinski definition) is 8. The molecule has 8 nitrogen and oxygen atoms in total. The summed E-state index contributed by atoms with van der Waals surface area (Å²) in [6.45, 7) is 11.4. The van der Waals surface area contributed by atoms with Crippen molar-refractivity contribution in [2.24, 2.45) is 22.3 Å². The molecule has 0 aromatic rings. The van der Waals surface area contributed by atoms with Crippen molar-refractivity contribution in [3.05, 3.63) is 0 Å². The Morgan fingerprint density at radius 2 is 0.967 bits per heavy atom. The molecule has 30 heavy (non-hydrogen) atoms. The molecule has 182 valence electrons. The van der Waals surface area contributed by atoms with E-state index in [4.69, 9.17) is 11.5 Å². The second-order valence-electron chi connectivity index (χ2n) is 10.4. The predicted octanol–water partition coefficient (Wildman–Crippen LogP) is 3.19. The van der Waals surface area contributed by atoms with Crippen LogP contribution in [0.15, 0.2) is 0 Å². The van der Waals surface area contributed by atoms with Crippen molar-refractivity contribution < 1.29 is 25.9 Å². The average molecular weight is 509 g/mol. The van der Waals surface area contributed by atoms with Crippen molar-refractivity contribution in [3.63, 3.8) is 0 Å². The van der Waals surface area contributed by atoms with Crippen LogP contribution in [-0.4, -0.2) is 60.0 Å². The van der Waals surface area contributed by atoms with Crippen molar-refractivity contribution in [3.8, 4) is 0 Å². The van der Waals surface area contributed by atoms with Crippen LogP contribution in [0.1, 0.15) is 67.2 Å². The minimum Gasteiger partial charge on any atom is -0.327 e. The van der Waals surface area contributed by atoms with E-state index in [0.717, 1.165) is 0 Å². The van der Waals surface area contributed by atoms with E-state index in [2.05, 4.69) is 0 Å². The van der Waals surface area contributed by atoms with E-state index < -0.39 is 42.8 Å². The summed E-state index contributed by atoms with van der Waals surface area (Å²) in [5, 5.41) is -1.82. The highest BCUT2D eigenvalue weighted by atomic mass is 33.1. The van der Waals surface area contributed by atoms with E-state index in [1.807, 2.05) is 41.5 Å². The van der Waals surface area contributed by atoms with Crippen molar-refractivity contribution in [1.29, 1.82) is 0 Å². The molecule has 4 atom stereocenters. The summed E-state index contributed by atoms with van der Waals surface area (Å²) in [5.74, 6) is 0.939. The van der Waals surface area contributed by atoms with Gasteiger partial charge in [-0.3, -0.25) is 9.11 Å². The molecule has 4 unspecified atom stereocenters. The van der Waals surface area contributed by atoms with Gasteiger partial charge < -0.3 is 11.5 Å². The lowest BCUT2D eigenvalue weighted by molar-refractivity contribution is 0.340. The fraction of sp³-hybridized carbons (Fsp3) is 1.00. The number of hydrogen-bond donors (Lipinski definition) is 4. The third-order valence-corrected chi connectivity index (χ3v) is 9.32. The molecule has 0 fully saturated rings. The third kappa shape index (κ3) is 15.3. The van der Waals surface area contributed by atoms with Gasteiger partial charge >= 0.3 is 0 Å². The zero-order valence-corrected chi connectivity index (χ0v) is 22.1. The second-order valence-corrected chi connectivity index (χ2v) is 16.3. The predicted molar refractivity (Wildman–Crippen MR) is 129 cm³/mol. The Morgan fingerprint density at radius 3 is 1.17 bits per heavy atom. The number of nitrogens with two attached hydrogens (primary N) is 2. The third-order valence-electron chi connectivity index (χ3n) is 4.30. The molecule has 0 aromatic heterocycles. The maximum absolute atomic E-state index is 11.6. The Balaban J connectivity index is 4.55. The maximum atomic E-state index is 11.6. The van der Waals surface area contributed by atoms with Gasteiger partial charge in [0.2, 0.25) is 0 Å². The molecule has 0 aliphatic rings. The van der Waals surface area contributed by atoms with Crippen LogP contribution in [0.4, 0.5) is 0 Å². The van der Waals surface area contributed by atoms with Gasteiger partial charge in [0.15, 0.2) is 0 Å². The van der Waals surface area contributed by atoms with Gasteiger partial charge in [0.05, 0.1) is 10.5 Å². The van der Waals surface area contributed by atoms with Gasteiger partial charge in [-0.05, 0) is 36.5 Å². The molecule has 0 aliphatic heterocycles. The van der Waals surface area contributed by atoms with Crippen molar-refractivity contribution in [2.45, 2.75) is 89.8 Å². The van der Waals surface area contributed by atoms with Crippen LogP contribution in [0.3, 0.4) is 0 Å². The molecule has 0 amide bonds. The first-order valence-electron chi connectivity index (χ1n) is 9.89. The summed E-state index contributed by atoms with van der Waals surface area (Å²) in [5.41, 5.74) is 11.6. The molecule has 0 bridgehead atoms. The van der Waals surface area contributed by atoms with Crippen molar-refractivity contribution in [1.82, 2.24) is 0 Å². The second kappa shape index (κ2) is 12.1. The van der Waals surface area contributed by atoms with E-state index in [0.29, 0.717) is 24.3 Å². The largest absolute Gasteiger partial charge is 0.327 e. The van der Waals surface area contributed by atoms with E-state index >= 15 is 0 Å². The Bertz CT molecular complexity index is 652. The average Bonchev–Trinajstić information content (AvgIpc) is 2.45. The highest BCUT2D eigenvalue weighted by Crippen LogP contribution is 2.30. The Labute approximate surface area is 191 Å². The monoisotopic (exact) mass is 508 g/mol. The summed E-state index contributed by atoms with van der Waals surface area (Å²) >= 11 is 0. The van der Waals surface area contributed by atoms with Gasteiger partial charge in [0, 0.05) is 23.6 Å². The van der Waals surface area contributed by atoms with Crippen LogP contribution < -0.4 is 11.5 Å². The van der Waals surface area contributed by atoms with Gasteiger partial charge in [-0.25, -0.2) is 0 Å². The summed E-state index contributed by atoms with van der Waals surface area (Å²) < 4.78 is 65.6. The van der Waals surface area contributed by atoms with E-state index in [1.54, 1.807) is 0 Å². The fourth-order valence-electron chi connectivity index (χ4n) is 3.07. The first-order chi connectivity index (χ1) is 13.2. The van der Waals surface area contributed by atoms with Crippen LogP contribution in [0.2, 0.25) is 0 Å². The SMILES string of the molecule is CC(C)(C)CC(CC(N)CSSCC(N)CC(CC(C)(C)C)S(=O)(=O)O)S(=O)(=O)O. The number of rotatable bonds is 13. The normalized spacial score (nSPS) is 18.1. The summed E-state index contributed by atoms with van der Waals surface area (Å²) in [4.78, 5) is 0.